The predicted molar refractivity (Wildman–Crippen MR) is 125 cm³/mol. The van der Waals surface area contributed by atoms with Gasteiger partial charge in [-0.1, -0.05) is 97.3 Å². The minimum atomic E-state index is -1.05. The van der Waals surface area contributed by atoms with E-state index in [2.05, 4.69) is 92.1 Å². The van der Waals surface area contributed by atoms with Crippen molar-refractivity contribution in [2.45, 2.75) is 79.4 Å². The Kier molecular flexibility index (Phi) is 11.4. The zero-order valence-corrected chi connectivity index (χ0v) is 24.5. The van der Waals surface area contributed by atoms with Crippen molar-refractivity contribution < 1.29 is 20.8 Å². The van der Waals surface area contributed by atoms with E-state index in [1.807, 2.05) is 0 Å². The van der Waals surface area contributed by atoms with Crippen LogP contribution in [0.3, 0.4) is 0 Å². The van der Waals surface area contributed by atoms with E-state index >= 15 is 0 Å². The van der Waals surface area contributed by atoms with Gasteiger partial charge in [0.05, 0.1) is 16.1 Å². The number of halogens is 2. The average Bonchev–Trinajstić information content (AvgIpc) is 3.07. The van der Waals surface area contributed by atoms with Crippen LogP contribution in [0.5, 0.6) is 0 Å². The molecule has 26 heavy (non-hydrogen) atoms. The topological polar surface area (TPSA) is 0 Å². The summed E-state index contributed by atoms with van der Waals surface area (Å²) in [6.07, 6.45) is 7.35. The molecule has 0 aromatic heterocycles. The number of rotatable bonds is 2. The molecule has 0 N–H and O–H groups in total. The van der Waals surface area contributed by atoms with Gasteiger partial charge < -0.3 is 0 Å². The van der Waals surface area contributed by atoms with Crippen molar-refractivity contribution in [1.82, 2.24) is 0 Å². The first-order valence-corrected chi connectivity index (χ1v) is 22.7. The van der Waals surface area contributed by atoms with E-state index < -0.39 is 37.0 Å². The molecule has 0 spiro atoms. The summed E-state index contributed by atoms with van der Waals surface area (Å²) in [6.45, 7) is 25.6. The second kappa shape index (κ2) is 11.1. The van der Waals surface area contributed by atoms with Crippen LogP contribution in [-0.4, -0.2) is 16.1 Å². The Morgan fingerprint density at radius 1 is 0.885 bits per heavy atom. The normalized spacial score (nSPS) is 16.3. The van der Waals surface area contributed by atoms with Crippen LogP contribution in [0.2, 0.25) is 44.8 Å². The molecule has 1 aliphatic carbocycles. The summed E-state index contributed by atoms with van der Waals surface area (Å²) in [5, 5.41) is 1.65. The molecular formula is C21H37Cl2Si2Zr-. The van der Waals surface area contributed by atoms with Gasteiger partial charge in [-0.05, 0) is 5.54 Å². The van der Waals surface area contributed by atoms with E-state index in [1.54, 1.807) is 5.20 Å². The molecule has 0 saturated heterocycles. The van der Waals surface area contributed by atoms with E-state index in [-0.39, 0.29) is 0 Å². The van der Waals surface area contributed by atoms with Gasteiger partial charge in [0.15, 0.2) is 0 Å². The molecule has 1 aromatic carbocycles. The van der Waals surface area contributed by atoms with E-state index in [1.165, 1.54) is 27.8 Å². The molecule has 2 rings (SSSR count). The van der Waals surface area contributed by atoms with Crippen LogP contribution in [0.15, 0.2) is 23.4 Å². The third-order valence-corrected chi connectivity index (χ3v) is 9.95. The third kappa shape index (κ3) is 8.00. The fraction of sp³-hybridized carbons (Fsp3) is 0.571. The van der Waals surface area contributed by atoms with Gasteiger partial charge in [0, 0.05) is 0 Å². The van der Waals surface area contributed by atoms with Gasteiger partial charge in [0.1, 0.15) is 0 Å². The molecule has 0 fully saturated rings. The first kappa shape index (κ1) is 26.7. The van der Waals surface area contributed by atoms with Gasteiger partial charge in [-0.2, -0.15) is 27.8 Å². The standard InChI is InChI=1S/C11H22Si2.C10H15.2ClH.Zr/c1-12(2,3)10-7-8-11(9-10)13(4,5)6;1-6-7(2)9(4)10(5)8(6)3;;;/h7-10H,1-6H3;1-5H3;2*1H;/q;-1;;;+2/p-2. The molecule has 5 heteroatoms. The Morgan fingerprint density at radius 2 is 1.27 bits per heavy atom. The Labute approximate surface area is 183 Å². The summed E-state index contributed by atoms with van der Waals surface area (Å²) in [7, 11) is 7.83. The van der Waals surface area contributed by atoms with Crippen LogP contribution in [0.4, 0.5) is 0 Å². The molecule has 0 heterocycles. The van der Waals surface area contributed by atoms with E-state index in [0.29, 0.717) is 0 Å². The molecule has 1 aliphatic rings. The van der Waals surface area contributed by atoms with E-state index in [4.69, 9.17) is 17.0 Å². The quantitative estimate of drug-likeness (QED) is 0.278. The molecule has 0 nitrogen and oxygen atoms in total. The van der Waals surface area contributed by atoms with Crippen LogP contribution < -0.4 is 0 Å². The van der Waals surface area contributed by atoms with Crippen LogP contribution in [0.25, 0.3) is 0 Å². The summed E-state index contributed by atoms with van der Waals surface area (Å²) < 4.78 is 0. The molecule has 0 radical (unpaired) electrons. The van der Waals surface area contributed by atoms with Gasteiger partial charge in [-0.3, -0.25) is 0 Å². The Morgan fingerprint density at radius 3 is 1.42 bits per heavy atom. The van der Waals surface area contributed by atoms with Crippen LogP contribution in [0.1, 0.15) is 27.8 Å². The fourth-order valence-corrected chi connectivity index (χ4v) is 5.75. The Balaban J connectivity index is 0.000000428. The van der Waals surface area contributed by atoms with Crippen LogP contribution in [-0.2, 0) is 20.8 Å². The second-order valence-corrected chi connectivity index (χ2v) is 23.5. The molecular weight excluding hydrogens is 471 g/mol. The van der Waals surface area contributed by atoms with Gasteiger partial charge in [-0.25, -0.2) is 0 Å². The molecule has 0 bridgehead atoms. The van der Waals surface area contributed by atoms with Crippen molar-refractivity contribution in [2.24, 2.45) is 0 Å². The van der Waals surface area contributed by atoms with Crippen LogP contribution >= 0.6 is 17.0 Å². The van der Waals surface area contributed by atoms with Gasteiger partial charge in [-0.15, -0.1) is 0 Å². The zero-order valence-electron chi connectivity index (χ0n) is 18.6. The molecule has 148 valence electrons. The summed E-state index contributed by atoms with van der Waals surface area (Å²) in [6, 6.07) is 0. The van der Waals surface area contributed by atoms with Gasteiger partial charge >= 0.3 is 37.9 Å². The maximum atomic E-state index is 4.93. The molecule has 1 atom stereocenters. The second-order valence-electron chi connectivity index (χ2n) is 9.32. The van der Waals surface area contributed by atoms with Crippen molar-refractivity contribution in [3.05, 3.63) is 51.2 Å². The molecule has 0 saturated carbocycles. The van der Waals surface area contributed by atoms with Gasteiger partial charge in [0.2, 0.25) is 0 Å². The summed E-state index contributed by atoms with van der Waals surface area (Å²) in [5.41, 5.74) is 8.12. The Bertz CT molecular complexity index is 564. The first-order valence-electron chi connectivity index (χ1n) is 9.24. The number of hydrogen-bond donors (Lipinski definition) is 0. The summed E-state index contributed by atoms with van der Waals surface area (Å²) in [4.78, 5) is 0. The number of hydrogen-bond acceptors (Lipinski definition) is 0. The van der Waals surface area contributed by atoms with Crippen molar-refractivity contribution in [3.8, 4) is 0 Å². The summed E-state index contributed by atoms with van der Waals surface area (Å²) in [5.74, 6) is 0. The van der Waals surface area contributed by atoms with Gasteiger partial charge in [0.25, 0.3) is 0 Å². The molecule has 0 amide bonds. The van der Waals surface area contributed by atoms with E-state index in [0.717, 1.165) is 5.54 Å². The minimum absolute atomic E-state index is 0.786. The molecule has 1 unspecified atom stereocenters. The fourth-order valence-electron chi connectivity index (χ4n) is 2.96. The first-order chi connectivity index (χ1) is 11.7. The SMILES string of the molecule is C[Si](C)(C)C1=CC([Si](C)(C)C)C=C1.Cc1c(C)c(C)[c-](C)c1C.[Cl][Zr][Cl]. The number of allylic oxidation sites excluding steroid dienone is 4. The van der Waals surface area contributed by atoms with Crippen molar-refractivity contribution in [1.29, 1.82) is 0 Å². The average molecular weight is 508 g/mol. The van der Waals surface area contributed by atoms with Crippen molar-refractivity contribution in [2.75, 3.05) is 0 Å². The summed E-state index contributed by atoms with van der Waals surface area (Å²) >= 11 is -0.826. The van der Waals surface area contributed by atoms with Crippen molar-refractivity contribution >= 4 is 33.2 Å². The van der Waals surface area contributed by atoms with Crippen molar-refractivity contribution in [3.63, 3.8) is 0 Å². The van der Waals surface area contributed by atoms with E-state index in [9.17, 15) is 0 Å². The Hall–Kier alpha value is 0.727. The predicted octanol–water partition coefficient (Wildman–Crippen LogP) is 8.39. The van der Waals surface area contributed by atoms with Crippen LogP contribution in [0, 0.1) is 34.6 Å². The maximum absolute atomic E-state index is 4.93. The monoisotopic (exact) mass is 505 g/mol. The third-order valence-electron chi connectivity index (χ3n) is 5.52. The molecule has 1 aromatic rings. The zero-order chi connectivity index (χ0) is 20.9. The molecule has 0 aliphatic heterocycles.